The highest BCUT2D eigenvalue weighted by molar-refractivity contribution is 5.44. The van der Waals surface area contributed by atoms with Crippen LogP contribution < -0.4 is 5.32 Å². The minimum Gasteiger partial charge on any atom is -0.312 e. The van der Waals surface area contributed by atoms with Crippen molar-refractivity contribution in [1.29, 1.82) is 0 Å². The van der Waals surface area contributed by atoms with Crippen molar-refractivity contribution in [2.24, 2.45) is 5.18 Å². The first-order valence-corrected chi connectivity index (χ1v) is 4.06. The SMILES string of the molecule is O=Nc1ccc2c(c1)CCNC2. The van der Waals surface area contributed by atoms with E-state index in [-0.39, 0.29) is 0 Å². The van der Waals surface area contributed by atoms with Gasteiger partial charge in [-0.05, 0) is 41.4 Å². The maximum Gasteiger partial charge on any atom is 0.108 e. The summed E-state index contributed by atoms with van der Waals surface area (Å²) < 4.78 is 0. The van der Waals surface area contributed by atoms with Gasteiger partial charge < -0.3 is 5.32 Å². The predicted molar refractivity (Wildman–Crippen MR) is 47.3 cm³/mol. The van der Waals surface area contributed by atoms with Gasteiger partial charge in [-0.15, -0.1) is 4.91 Å². The summed E-state index contributed by atoms with van der Waals surface area (Å²) in [5.74, 6) is 0. The lowest BCUT2D eigenvalue weighted by molar-refractivity contribution is 0.644. The Kier molecular flexibility index (Phi) is 1.87. The number of hydrogen-bond acceptors (Lipinski definition) is 3. The molecule has 1 heterocycles. The van der Waals surface area contributed by atoms with E-state index in [1.165, 1.54) is 11.1 Å². The van der Waals surface area contributed by atoms with Crippen LogP contribution in [0.5, 0.6) is 0 Å². The molecular formula is C9H10N2O. The maximum absolute atomic E-state index is 10.2. The van der Waals surface area contributed by atoms with E-state index < -0.39 is 0 Å². The van der Waals surface area contributed by atoms with Crippen LogP contribution in [0.15, 0.2) is 23.4 Å². The minimum atomic E-state index is 0.538. The molecule has 0 unspecified atom stereocenters. The van der Waals surface area contributed by atoms with E-state index >= 15 is 0 Å². The Morgan fingerprint density at radius 3 is 3.08 bits per heavy atom. The molecule has 1 aliphatic heterocycles. The van der Waals surface area contributed by atoms with Crippen molar-refractivity contribution in [3.63, 3.8) is 0 Å². The van der Waals surface area contributed by atoms with Crippen molar-refractivity contribution in [1.82, 2.24) is 5.32 Å². The fourth-order valence-corrected chi connectivity index (χ4v) is 1.52. The molecule has 1 N–H and O–H groups in total. The summed E-state index contributed by atoms with van der Waals surface area (Å²) >= 11 is 0. The fraction of sp³-hybridized carbons (Fsp3) is 0.333. The third-order valence-corrected chi connectivity index (χ3v) is 2.18. The second kappa shape index (κ2) is 3.03. The highest BCUT2D eigenvalue weighted by atomic mass is 16.3. The zero-order valence-electron chi connectivity index (χ0n) is 6.71. The molecule has 0 aromatic heterocycles. The first kappa shape index (κ1) is 7.43. The summed E-state index contributed by atoms with van der Waals surface area (Å²) in [6.45, 7) is 1.91. The average Bonchev–Trinajstić information content (AvgIpc) is 2.17. The lowest BCUT2D eigenvalue weighted by Gasteiger charge is -2.16. The van der Waals surface area contributed by atoms with Crippen LogP contribution in [0.4, 0.5) is 5.69 Å². The second-order valence-corrected chi connectivity index (χ2v) is 2.97. The zero-order valence-corrected chi connectivity index (χ0v) is 6.71. The molecule has 0 fully saturated rings. The first-order valence-electron chi connectivity index (χ1n) is 4.06. The van der Waals surface area contributed by atoms with E-state index in [1.54, 1.807) is 6.07 Å². The van der Waals surface area contributed by atoms with Crippen LogP contribution in [0.25, 0.3) is 0 Å². The van der Waals surface area contributed by atoms with Crippen LogP contribution in [0.2, 0.25) is 0 Å². The van der Waals surface area contributed by atoms with Crippen LogP contribution >= 0.6 is 0 Å². The number of nitrogens with zero attached hydrogens (tertiary/aromatic N) is 1. The summed E-state index contributed by atoms with van der Waals surface area (Å²) in [6.07, 6.45) is 0.999. The Balaban J connectivity index is 2.42. The molecule has 1 aromatic carbocycles. The molecule has 0 bridgehead atoms. The molecule has 0 radical (unpaired) electrons. The normalized spacial score (nSPS) is 15.3. The number of nitroso groups, excluding NO2 is 1. The van der Waals surface area contributed by atoms with E-state index in [9.17, 15) is 4.91 Å². The molecular weight excluding hydrogens is 152 g/mol. The van der Waals surface area contributed by atoms with Crippen molar-refractivity contribution in [3.8, 4) is 0 Å². The maximum atomic E-state index is 10.2. The molecule has 2 rings (SSSR count). The van der Waals surface area contributed by atoms with Gasteiger partial charge in [0.05, 0.1) is 0 Å². The quantitative estimate of drug-likeness (QED) is 0.639. The van der Waals surface area contributed by atoms with Gasteiger partial charge in [-0.25, -0.2) is 0 Å². The van der Waals surface area contributed by atoms with Crippen LogP contribution in [-0.2, 0) is 13.0 Å². The molecule has 0 aliphatic carbocycles. The van der Waals surface area contributed by atoms with Crippen LogP contribution in [0.3, 0.4) is 0 Å². The number of fused-ring (bicyclic) bond motifs is 1. The number of benzene rings is 1. The van der Waals surface area contributed by atoms with Crippen LogP contribution in [0, 0.1) is 4.91 Å². The number of hydrogen-bond donors (Lipinski definition) is 1. The summed E-state index contributed by atoms with van der Waals surface area (Å²) in [5, 5.41) is 6.18. The molecule has 0 spiro atoms. The van der Waals surface area contributed by atoms with Crippen molar-refractivity contribution in [3.05, 3.63) is 34.2 Å². The van der Waals surface area contributed by atoms with Gasteiger partial charge in [0.1, 0.15) is 5.69 Å². The van der Waals surface area contributed by atoms with Gasteiger partial charge >= 0.3 is 0 Å². The largest absolute Gasteiger partial charge is 0.312 e. The van der Waals surface area contributed by atoms with Gasteiger partial charge in [-0.1, -0.05) is 6.07 Å². The third kappa shape index (κ3) is 1.23. The van der Waals surface area contributed by atoms with E-state index in [0.717, 1.165) is 19.5 Å². The van der Waals surface area contributed by atoms with Gasteiger partial charge in [0.25, 0.3) is 0 Å². The zero-order chi connectivity index (χ0) is 8.39. The molecule has 1 aromatic rings. The van der Waals surface area contributed by atoms with Crippen molar-refractivity contribution in [2.75, 3.05) is 6.54 Å². The highest BCUT2D eigenvalue weighted by Gasteiger charge is 2.08. The Bertz CT molecular complexity index is 309. The standard InChI is InChI=1S/C9H10N2O/c12-11-9-2-1-8-6-10-4-3-7(8)5-9/h1-2,5,10H,3-4,6H2. The average molecular weight is 162 g/mol. The van der Waals surface area contributed by atoms with Crippen LogP contribution in [-0.4, -0.2) is 6.54 Å². The van der Waals surface area contributed by atoms with E-state index in [1.807, 2.05) is 12.1 Å². The molecule has 1 aliphatic rings. The van der Waals surface area contributed by atoms with Crippen molar-refractivity contribution < 1.29 is 0 Å². The molecule has 3 nitrogen and oxygen atoms in total. The van der Waals surface area contributed by atoms with Gasteiger partial charge in [0.2, 0.25) is 0 Å². The fourth-order valence-electron chi connectivity index (χ4n) is 1.52. The van der Waals surface area contributed by atoms with E-state index in [2.05, 4.69) is 10.5 Å². The van der Waals surface area contributed by atoms with Crippen molar-refractivity contribution in [2.45, 2.75) is 13.0 Å². The van der Waals surface area contributed by atoms with Gasteiger partial charge in [-0.3, -0.25) is 0 Å². The van der Waals surface area contributed by atoms with Gasteiger partial charge in [0, 0.05) is 6.54 Å². The lowest BCUT2D eigenvalue weighted by atomic mass is 10.0. The van der Waals surface area contributed by atoms with Crippen molar-refractivity contribution >= 4 is 5.69 Å². The molecule has 62 valence electrons. The predicted octanol–water partition coefficient (Wildman–Crippen LogP) is 1.73. The summed E-state index contributed by atoms with van der Waals surface area (Å²) in [4.78, 5) is 10.2. The topological polar surface area (TPSA) is 41.5 Å². The Morgan fingerprint density at radius 1 is 1.33 bits per heavy atom. The molecule has 3 heteroatoms. The van der Waals surface area contributed by atoms with E-state index in [0.29, 0.717) is 5.69 Å². The van der Waals surface area contributed by atoms with Gasteiger partial charge in [0.15, 0.2) is 0 Å². The van der Waals surface area contributed by atoms with Crippen LogP contribution in [0.1, 0.15) is 11.1 Å². The van der Waals surface area contributed by atoms with E-state index in [4.69, 9.17) is 0 Å². The summed E-state index contributed by atoms with van der Waals surface area (Å²) in [5.41, 5.74) is 3.08. The summed E-state index contributed by atoms with van der Waals surface area (Å²) in [6, 6.07) is 5.61. The molecule has 0 amide bonds. The summed E-state index contributed by atoms with van der Waals surface area (Å²) in [7, 11) is 0. The lowest BCUT2D eigenvalue weighted by Crippen LogP contribution is -2.23. The number of nitrogens with one attached hydrogen (secondary N) is 1. The molecule has 0 saturated carbocycles. The Labute approximate surface area is 70.8 Å². The third-order valence-electron chi connectivity index (χ3n) is 2.18. The molecule has 0 saturated heterocycles. The number of rotatable bonds is 1. The minimum absolute atomic E-state index is 0.538. The molecule has 0 atom stereocenters. The Hall–Kier alpha value is -1.22. The second-order valence-electron chi connectivity index (χ2n) is 2.97. The highest BCUT2D eigenvalue weighted by Crippen LogP contribution is 2.20. The smallest absolute Gasteiger partial charge is 0.108 e. The Morgan fingerprint density at radius 2 is 2.25 bits per heavy atom. The van der Waals surface area contributed by atoms with Gasteiger partial charge in [-0.2, -0.15) is 0 Å². The first-order chi connectivity index (χ1) is 5.90. The molecule has 12 heavy (non-hydrogen) atoms. The monoisotopic (exact) mass is 162 g/mol.